The first kappa shape index (κ1) is 15.3. The van der Waals surface area contributed by atoms with E-state index in [1.54, 1.807) is 0 Å². The molecule has 1 aliphatic heterocycles. The molecule has 2 fully saturated rings. The van der Waals surface area contributed by atoms with Crippen LogP contribution in [0.4, 0.5) is 0 Å². The number of amides is 2. The summed E-state index contributed by atoms with van der Waals surface area (Å²) in [5.41, 5.74) is -0.723. The van der Waals surface area contributed by atoms with Crippen molar-refractivity contribution in [3.63, 3.8) is 0 Å². The minimum Gasteiger partial charge on any atom is -0.342 e. The molecule has 0 bridgehead atoms. The molecule has 20 heavy (non-hydrogen) atoms. The molecule has 2 aliphatic rings. The third kappa shape index (κ3) is 2.99. The number of nitrogens with one attached hydrogen (secondary N) is 1. The molecular formula is C16H28N2O2. The number of carbonyl (C=O) groups excluding carboxylic acids is 2. The second kappa shape index (κ2) is 6.15. The molecule has 0 spiro atoms. The lowest BCUT2D eigenvalue weighted by Gasteiger charge is -2.38. The maximum Gasteiger partial charge on any atom is 0.248 e. The number of hydrogen-bond acceptors (Lipinski definition) is 2. The van der Waals surface area contributed by atoms with Gasteiger partial charge in [0.25, 0.3) is 0 Å². The lowest BCUT2D eigenvalue weighted by molar-refractivity contribution is -0.141. The van der Waals surface area contributed by atoms with Gasteiger partial charge >= 0.3 is 0 Å². The molecule has 0 aromatic rings. The summed E-state index contributed by atoms with van der Waals surface area (Å²) in [6.45, 7) is 6.67. The van der Waals surface area contributed by atoms with E-state index in [9.17, 15) is 9.59 Å². The average Bonchev–Trinajstić information content (AvgIpc) is 2.68. The zero-order valence-corrected chi connectivity index (χ0v) is 13.1. The molecule has 4 heteroatoms. The summed E-state index contributed by atoms with van der Waals surface area (Å²) in [7, 11) is 0. The van der Waals surface area contributed by atoms with Gasteiger partial charge in [-0.2, -0.15) is 0 Å². The maximum atomic E-state index is 12.9. The van der Waals surface area contributed by atoms with Gasteiger partial charge < -0.3 is 10.2 Å². The zero-order valence-electron chi connectivity index (χ0n) is 13.1. The first-order chi connectivity index (χ1) is 9.48. The van der Waals surface area contributed by atoms with Crippen LogP contribution in [0.15, 0.2) is 0 Å². The van der Waals surface area contributed by atoms with Gasteiger partial charge in [0.15, 0.2) is 0 Å². The smallest absolute Gasteiger partial charge is 0.248 e. The molecule has 2 rings (SSSR count). The van der Waals surface area contributed by atoms with E-state index in [0.717, 1.165) is 6.42 Å². The van der Waals surface area contributed by atoms with Crippen LogP contribution in [0.1, 0.15) is 65.7 Å². The Labute approximate surface area is 122 Å². The van der Waals surface area contributed by atoms with Crippen molar-refractivity contribution in [3.8, 4) is 0 Å². The Bertz CT molecular complexity index is 383. The lowest BCUT2D eigenvalue weighted by atomic mass is 9.91. The largest absolute Gasteiger partial charge is 0.342 e. The summed E-state index contributed by atoms with van der Waals surface area (Å²) >= 11 is 0. The summed E-state index contributed by atoms with van der Waals surface area (Å²) < 4.78 is 0. The van der Waals surface area contributed by atoms with Gasteiger partial charge in [-0.15, -0.1) is 0 Å². The molecule has 3 unspecified atom stereocenters. The minimum atomic E-state index is -0.723. The zero-order chi connectivity index (χ0) is 14.8. The normalized spacial score (nSPS) is 36.2. The Balaban J connectivity index is 2.24. The maximum absolute atomic E-state index is 12.9. The highest BCUT2D eigenvalue weighted by molar-refractivity contribution is 5.93. The van der Waals surface area contributed by atoms with Crippen LogP contribution in [0.25, 0.3) is 0 Å². The molecule has 4 nitrogen and oxygen atoms in total. The molecule has 1 saturated heterocycles. The van der Waals surface area contributed by atoms with Crippen molar-refractivity contribution in [1.82, 2.24) is 10.2 Å². The molecule has 1 N–H and O–H groups in total. The molecule has 0 radical (unpaired) electrons. The Morgan fingerprint density at radius 3 is 2.65 bits per heavy atom. The first-order valence-corrected chi connectivity index (χ1v) is 8.10. The summed E-state index contributed by atoms with van der Waals surface area (Å²) in [4.78, 5) is 26.8. The van der Waals surface area contributed by atoms with Crippen LogP contribution in [0.2, 0.25) is 0 Å². The second-order valence-electron chi connectivity index (χ2n) is 6.67. The van der Waals surface area contributed by atoms with Gasteiger partial charge in [-0.3, -0.25) is 9.59 Å². The fourth-order valence-corrected chi connectivity index (χ4v) is 3.56. The van der Waals surface area contributed by atoms with Crippen molar-refractivity contribution in [2.24, 2.45) is 5.92 Å². The van der Waals surface area contributed by atoms with Gasteiger partial charge in [-0.05, 0) is 32.1 Å². The minimum absolute atomic E-state index is 0.00600. The Morgan fingerprint density at radius 1 is 1.25 bits per heavy atom. The fourth-order valence-electron chi connectivity index (χ4n) is 3.56. The van der Waals surface area contributed by atoms with Crippen LogP contribution in [0.5, 0.6) is 0 Å². The number of carbonyl (C=O) groups is 2. The third-order valence-electron chi connectivity index (χ3n) is 5.15. The standard InChI is InChI=1S/C16H28N2O2/c1-4-16(3)15(20)18(11-10-14(19)17-16)13-9-7-5-6-8-12(13)2/h12-13H,4-11H2,1-3H3,(H,17,19). The summed E-state index contributed by atoms with van der Waals surface area (Å²) in [5.74, 6) is 0.659. The highest BCUT2D eigenvalue weighted by Gasteiger charge is 2.42. The van der Waals surface area contributed by atoms with E-state index < -0.39 is 5.54 Å². The van der Waals surface area contributed by atoms with Gasteiger partial charge in [-0.25, -0.2) is 0 Å². The predicted molar refractivity (Wildman–Crippen MR) is 79.2 cm³/mol. The SMILES string of the molecule is CCC1(C)NC(=O)CCN(C2CCCCCC2C)C1=O. The van der Waals surface area contributed by atoms with Crippen molar-refractivity contribution in [2.45, 2.75) is 77.3 Å². The first-order valence-electron chi connectivity index (χ1n) is 8.10. The van der Waals surface area contributed by atoms with Crippen LogP contribution in [-0.2, 0) is 9.59 Å². The van der Waals surface area contributed by atoms with Crippen molar-refractivity contribution in [2.75, 3.05) is 6.54 Å². The molecule has 2 amide bonds. The molecule has 0 aromatic heterocycles. The molecule has 0 aromatic carbocycles. The van der Waals surface area contributed by atoms with E-state index in [1.165, 1.54) is 25.7 Å². The predicted octanol–water partition coefficient (Wildman–Crippen LogP) is 2.47. The molecule has 114 valence electrons. The van der Waals surface area contributed by atoms with Crippen LogP contribution in [0.3, 0.4) is 0 Å². The van der Waals surface area contributed by atoms with E-state index in [1.807, 2.05) is 18.7 Å². The average molecular weight is 280 g/mol. The second-order valence-corrected chi connectivity index (χ2v) is 6.67. The van der Waals surface area contributed by atoms with Crippen LogP contribution < -0.4 is 5.32 Å². The van der Waals surface area contributed by atoms with Crippen molar-refractivity contribution < 1.29 is 9.59 Å². The van der Waals surface area contributed by atoms with Crippen LogP contribution >= 0.6 is 0 Å². The highest BCUT2D eigenvalue weighted by atomic mass is 16.2. The van der Waals surface area contributed by atoms with E-state index in [0.29, 0.717) is 31.3 Å². The van der Waals surface area contributed by atoms with E-state index in [4.69, 9.17) is 0 Å². The van der Waals surface area contributed by atoms with Gasteiger partial charge in [0.1, 0.15) is 5.54 Å². The molecule has 1 saturated carbocycles. The van der Waals surface area contributed by atoms with E-state index in [-0.39, 0.29) is 11.8 Å². The van der Waals surface area contributed by atoms with E-state index in [2.05, 4.69) is 12.2 Å². The number of rotatable bonds is 2. The highest BCUT2D eigenvalue weighted by Crippen LogP contribution is 2.30. The van der Waals surface area contributed by atoms with Gasteiger partial charge in [0.05, 0.1) is 0 Å². The summed E-state index contributed by atoms with van der Waals surface area (Å²) in [5, 5.41) is 2.92. The number of hydrogen-bond donors (Lipinski definition) is 1. The van der Waals surface area contributed by atoms with Gasteiger partial charge in [0.2, 0.25) is 11.8 Å². The topological polar surface area (TPSA) is 49.4 Å². The Morgan fingerprint density at radius 2 is 1.95 bits per heavy atom. The molecule has 1 aliphatic carbocycles. The summed E-state index contributed by atoms with van der Waals surface area (Å²) in [6.07, 6.45) is 7.09. The van der Waals surface area contributed by atoms with E-state index >= 15 is 0 Å². The quantitative estimate of drug-likeness (QED) is 0.790. The summed E-state index contributed by atoms with van der Waals surface area (Å²) in [6, 6.07) is 0.309. The molecular weight excluding hydrogens is 252 g/mol. The van der Waals surface area contributed by atoms with Crippen LogP contribution in [-0.4, -0.2) is 34.8 Å². The number of nitrogens with zero attached hydrogens (tertiary/aromatic N) is 1. The molecule has 1 heterocycles. The van der Waals surface area contributed by atoms with Crippen molar-refractivity contribution >= 4 is 11.8 Å². The van der Waals surface area contributed by atoms with Gasteiger partial charge in [0, 0.05) is 19.0 Å². The Hall–Kier alpha value is -1.06. The Kier molecular flexibility index (Phi) is 4.71. The van der Waals surface area contributed by atoms with Gasteiger partial charge in [-0.1, -0.05) is 33.1 Å². The molecule has 3 atom stereocenters. The van der Waals surface area contributed by atoms with Crippen molar-refractivity contribution in [3.05, 3.63) is 0 Å². The third-order valence-corrected chi connectivity index (χ3v) is 5.15. The van der Waals surface area contributed by atoms with Crippen molar-refractivity contribution in [1.29, 1.82) is 0 Å². The lowest BCUT2D eigenvalue weighted by Crippen LogP contribution is -2.57. The monoisotopic (exact) mass is 280 g/mol. The fraction of sp³-hybridized carbons (Fsp3) is 0.875. The van der Waals surface area contributed by atoms with Crippen LogP contribution in [0, 0.1) is 5.92 Å².